The van der Waals surface area contributed by atoms with Crippen LogP contribution in [-0.4, -0.2) is 29.4 Å². The van der Waals surface area contributed by atoms with Crippen LogP contribution < -0.4 is 5.73 Å². The molecule has 94 valence electrons. The molecule has 5 nitrogen and oxygen atoms in total. The van der Waals surface area contributed by atoms with E-state index in [1.54, 1.807) is 10.9 Å². The SMILES string of the molecule is COC(=O)c1cnn(C)c1C1(CN)CCCC1. The molecule has 5 heteroatoms. The third-order valence-electron chi connectivity index (χ3n) is 3.80. The molecule has 0 atom stereocenters. The van der Waals surface area contributed by atoms with Crippen LogP contribution in [0.15, 0.2) is 6.20 Å². The number of esters is 1. The van der Waals surface area contributed by atoms with Crippen molar-refractivity contribution in [1.82, 2.24) is 9.78 Å². The zero-order valence-electron chi connectivity index (χ0n) is 10.4. The number of methoxy groups -OCH3 is 1. The second-order valence-electron chi connectivity index (χ2n) is 4.71. The quantitative estimate of drug-likeness (QED) is 0.795. The van der Waals surface area contributed by atoms with E-state index in [1.807, 2.05) is 7.05 Å². The van der Waals surface area contributed by atoms with Crippen LogP contribution in [0.5, 0.6) is 0 Å². The Hall–Kier alpha value is -1.36. The fourth-order valence-corrected chi connectivity index (χ4v) is 2.92. The lowest BCUT2D eigenvalue weighted by Crippen LogP contribution is -2.35. The van der Waals surface area contributed by atoms with Crippen LogP contribution >= 0.6 is 0 Å². The summed E-state index contributed by atoms with van der Waals surface area (Å²) in [6.07, 6.45) is 5.93. The monoisotopic (exact) mass is 237 g/mol. The van der Waals surface area contributed by atoms with Crippen LogP contribution in [0, 0.1) is 0 Å². The van der Waals surface area contributed by atoms with Gasteiger partial charge in [0.05, 0.1) is 19.0 Å². The number of carbonyl (C=O) groups excluding carboxylic acids is 1. The number of rotatable bonds is 3. The smallest absolute Gasteiger partial charge is 0.341 e. The Morgan fingerprint density at radius 1 is 1.59 bits per heavy atom. The van der Waals surface area contributed by atoms with Gasteiger partial charge in [0, 0.05) is 19.0 Å². The zero-order valence-corrected chi connectivity index (χ0v) is 10.4. The second-order valence-corrected chi connectivity index (χ2v) is 4.71. The highest BCUT2D eigenvalue weighted by molar-refractivity contribution is 5.90. The minimum atomic E-state index is -0.326. The maximum Gasteiger partial charge on any atom is 0.341 e. The predicted molar refractivity (Wildman–Crippen MR) is 63.7 cm³/mol. The van der Waals surface area contributed by atoms with Gasteiger partial charge in [0.25, 0.3) is 0 Å². The maximum absolute atomic E-state index is 11.7. The molecule has 0 spiro atoms. The van der Waals surface area contributed by atoms with E-state index >= 15 is 0 Å². The van der Waals surface area contributed by atoms with Gasteiger partial charge in [-0.15, -0.1) is 0 Å². The minimum absolute atomic E-state index is 0.102. The van der Waals surface area contributed by atoms with Gasteiger partial charge in [-0.05, 0) is 12.8 Å². The first kappa shape index (κ1) is 12.1. The number of hydrogen-bond donors (Lipinski definition) is 1. The summed E-state index contributed by atoms with van der Waals surface area (Å²) in [5.41, 5.74) is 7.34. The van der Waals surface area contributed by atoms with Crippen molar-refractivity contribution >= 4 is 5.97 Å². The molecule has 0 aromatic carbocycles. The van der Waals surface area contributed by atoms with Crippen molar-refractivity contribution in [3.8, 4) is 0 Å². The van der Waals surface area contributed by atoms with E-state index in [2.05, 4.69) is 5.10 Å². The van der Waals surface area contributed by atoms with E-state index in [1.165, 1.54) is 7.11 Å². The predicted octanol–water partition coefficient (Wildman–Crippen LogP) is 0.977. The van der Waals surface area contributed by atoms with E-state index in [4.69, 9.17) is 10.5 Å². The normalized spacial score (nSPS) is 18.3. The minimum Gasteiger partial charge on any atom is -0.465 e. The molecule has 2 rings (SSSR count). The Kier molecular flexibility index (Phi) is 3.19. The lowest BCUT2D eigenvalue weighted by Gasteiger charge is -2.28. The van der Waals surface area contributed by atoms with Crippen molar-refractivity contribution in [3.63, 3.8) is 0 Å². The first-order valence-corrected chi connectivity index (χ1v) is 5.95. The van der Waals surface area contributed by atoms with E-state index < -0.39 is 0 Å². The van der Waals surface area contributed by atoms with Crippen LogP contribution in [0.1, 0.15) is 41.7 Å². The van der Waals surface area contributed by atoms with E-state index in [0.29, 0.717) is 12.1 Å². The van der Waals surface area contributed by atoms with E-state index in [-0.39, 0.29) is 11.4 Å². The molecule has 0 bridgehead atoms. The highest BCUT2D eigenvalue weighted by Gasteiger charge is 2.40. The molecule has 0 saturated heterocycles. The van der Waals surface area contributed by atoms with Gasteiger partial charge >= 0.3 is 5.97 Å². The van der Waals surface area contributed by atoms with Gasteiger partial charge in [-0.2, -0.15) is 5.10 Å². The standard InChI is InChI=1S/C12H19N3O2/c1-15-10(9(7-14-15)11(16)17-2)12(8-13)5-3-4-6-12/h7H,3-6,8,13H2,1-2H3. The summed E-state index contributed by atoms with van der Waals surface area (Å²) in [6.45, 7) is 0.552. The van der Waals surface area contributed by atoms with Crippen molar-refractivity contribution in [2.75, 3.05) is 13.7 Å². The number of nitrogens with two attached hydrogens (primary N) is 1. The number of aryl methyl sites for hydroxylation is 1. The Bertz CT molecular complexity index is 419. The molecule has 1 aromatic rings. The van der Waals surface area contributed by atoms with Crippen LogP contribution in [0.2, 0.25) is 0 Å². The van der Waals surface area contributed by atoms with Gasteiger partial charge < -0.3 is 10.5 Å². The molecular weight excluding hydrogens is 218 g/mol. The summed E-state index contributed by atoms with van der Waals surface area (Å²) in [4.78, 5) is 11.7. The van der Waals surface area contributed by atoms with Gasteiger partial charge in [-0.25, -0.2) is 4.79 Å². The Morgan fingerprint density at radius 2 is 2.24 bits per heavy atom. The van der Waals surface area contributed by atoms with Crippen molar-refractivity contribution in [3.05, 3.63) is 17.5 Å². The summed E-state index contributed by atoms with van der Waals surface area (Å²) in [5.74, 6) is -0.326. The highest BCUT2D eigenvalue weighted by atomic mass is 16.5. The van der Waals surface area contributed by atoms with Crippen LogP contribution in [-0.2, 0) is 17.2 Å². The number of carbonyl (C=O) groups is 1. The van der Waals surface area contributed by atoms with Crippen molar-refractivity contribution in [2.45, 2.75) is 31.1 Å². The molecule has 1 heterocycles. The fourth-order valence-electron chi connectivity index (χ4n) is 2.92. The summed E-state index contributed by atoms with van der Waals surface area (Å²) >= 11 is 0. The van der Waals surface area contributed by atoms with Crippen LogP contribution in [0.4, 0.5) is 0 Å². The molecule has 0 unspecified atom stereocenters. The molecule has 17 heavy (non-hydrogen) atoms. The third-order valence-corrected chi connectivity index (χ3v) is 3.80. The Morgan fingerprint density at radius 3 is 2.76 bits per heavy atom. The topological polar surface area (TPSA) is 70.1 Å². The van der Waals surface area contributed by atoms with Gasteiger partial charge in [-0.1, -0.05) is 12.8 Å². The third kappa shape index (κ3) is 1.84. The van der Waals surface area contributed by atoms with E-state index in [9.17, 15) is 4.79 Å². The number of aromatic nitrogens is 2. The van der Waals surface area contributed by atoms with Gasteiger partial charge in [0.2, 0.25) is 0 Å². The molecular formula is C12H19N3O2. The average molecular weight is 237 g/mol. The molecule has 1 saturated carbocycles. The molecule has 1 aromatic heterocycles. The Balaban J connectivity index is 2.49. The lowest BCUT2D eigenvalue weighted by molar-refractivity contribution is 0.0597. The van der Waals surface area contributed by atoms with Gasteiger partial charge in [0.15, 0.2) is 0 Å². The van der Waals surface area contributed by atoms with Crippen LogP contribution in [0.25, 0.3) is 0 Å². The van der Waals surface area contributed by atoms with Crippen LogP contribution in [0.3, 0.4) is 0 Å². The van der Waals surface area contributed by atoms with Crippen molar-refractivity contribution in [1.29, 1.82) is 0 Å². The first-order chi connectivity index (χ1) is 8.14. The van der Waals surface area contributed by atoms with E-state index in [0.717, 1.165) is 31.4 Å². The second kappa shape index (κ2) is 4.49. The molecule has 0 radical (unpaired) electrons. The summed E-state index contributed by atoms with van der Waals surface area (Å²) < 4.78 is 6.57. The number of nitrogens with zero attached hydrogens (tertiary/aromatic N) is 2. The fraction of sp³-hybridized carbons (Fsp3) is 0.667. The summed E-state index contributed by atoms with van der Waals surface area (Å²) in [6, 6.07) is 0. The maximum atomic E-state index is 11.7. The average Bonchev–Trinajstić information content (AvgIpc) is 2.95. The van der Waals surface area contributed by atoms with Crippen molar-refractivity contribution in [2.24, 2.45) is 12.8 Å². The van der Waals surface area contributed by atoms with Gasteiger partial charge in [0.1, 0.15) is 5.56 Å². The molecule has 1 aliphatic carbocycles. The number of ether oxygens (including phenoxy) is 1. The van der Waals surface area contributed by atoms with Crippen molar-refractivity contribution < 1.29 is 9.53 Å². The molecule has 0 aliphatic heterocycles. The number of hydrogen-bond acceptors (Lipinski definition) is 4. The largest absolute Gasteiger partial charge is 0.465 e. The Labute approximate surface area is 101 Å². The molecule has 2 N–H and O–H groups in total. The molecule has 1 fully saturated rings. The van der Waals surface area contributed by atoms with Gasteiger partial charge in [-0.3, -0.25) is 4.68 Å². The molecule has 0 amide bonds. The summed E-state index contributed by atoms with van der Waals surface area (Å²) in [7, 11) is 3.25. The molecule has 1 aliphatic rings. The zero-order chi connectivity index (χ0) is 12.5. The lowest BCUT2D eigenvalue weighted by atomic mass is 9.80. The highest BCUT2D eigenvalue weighted by Crippen LogP contribution is 2.41. The first-order valence-electron chi connectivity index (χ1n) is 5.95. The summed E-state index contributed by atoms with van der Waals surface area (Å²) in [5, 5.41) is 4.18.